The molecule has 0 aromatic carbocycles. The van der Waals surface area contributed by atoms with Crippen LogP contribution in [0.4, 0.5) is 0 Å². The summed E-state index contributed by atoms with van der Waals surface area (Å²) in [5.41, 5.74) is 0. The molecule has 0 saturated carbocycles. The maximum atomic E-state index is 12.2. The van der Waals surface area contributed by atoms with Crippen molar-refractivity contribution >= 4 is 5.97 Å². The summed E-state index contributed by atoms with van der Waals surface area (Å²) in [4.78, 5) is 12.2. The number of ether oxygens (including phenoxy) is 2. The van der Waals surface area contributed by atoms with Crippen LogP contribution < -0.4 is 0 Å². The van der Waals surface area contributed by atoms with Crippen LogP contribution in [-0.4, -0.2) is 37.0 Å². The van der Waals surface area contributed by atoms with E-state index in [-0.39, 0.29) is 12.6 Å². The lowest BCUT2D eigenvalue weighted by Gasteiger charge is -2.16. The number of rotatable bonds is 44. The van der Waals surface area contributed by atoms with Crippen molar-refractivity contribution in [2.75, 3.05) is 19.8 Å². The van der Waals surface area contributed by atoms with Crippen molar-refractivity contribution in [3.8, 4) is 0 Å². The molecule has 0 aliphatic rings. The van der Waals surface area contributed by atoms with E-state index in [1.54, 1.807) is 0 Å². The highest BCUT2D eigenvalue weighted by Crippen LogP contribution is 2.16. The number of hydrogen-bond donors (Lipinski definition) is 1. The summed E-state index contributed by atoms with van der Waals surface area (Å²) in [6.07, 6.45) is 54.3. The molecule has 0 bridgehead atoms. The topological polar surface area (TPSA) is 55.8 Å². The van der Waals surface area contributed by atoms with Gasteiger partial charge in [-0.15, -0.1) is 0 Å². The summed E-state index contributed by atoms with van der Waals surface area (Å²) in [6.45, 7) is 5.39. The average Bonchev–Trinajstić information content (AvgIpc) is 3.14. The molecule has 51 heavy (non-hydrogen) atoms. The number of unbranched alkanes of at least 4 members (excludes halogenated alkanes) is 34. The van der Waals surface area contributed by atoms with Crippen LogP contribution >= 0.6 is 0 Å². The van der Waals surface area contributed by atoms with Crippen LogP contribution in [-0.2, 0) is 14.3 Å². The van der Waals surface area contributed by atoms with Gasteiger partial charge in [-0.3, -0.25) is 4.79 Å². The highest BCUT2D eigenvalue weighted by atomic mass is 16.6. The molecule has 0 saturated heterocycles. The van der Waals surface area contributed by atoms with E-state index in [9.17, 15) is 9.90 Å². The zero-order valence-corrected chi connectivity index (χ0v) is 34.9. The lowest BCUT2D eigenvalue weighted by molar-refractivity contribution is -0.154. The molecule has 0 rings (SSSR count). The minimum atomic E-state index is -0.529. The van der Waals surface area contributed by atoms with E-state index in [1.165, 1.54) is 218 Å². The minimum absolute atomic E-state index is 0.166. The second kappa shape index (κ2) is 45.3. The van der Waals surface area contributed by atoms with Crippen molar-refractivity contribution in [3.05, 3.63) is 12.2 Å². The standard InChI is InChI=1S/C47H92O4/c1-3-5-7-9-11-13-15-17-19-21-23-25-27-29-31-33-35-37-39-41-43-50-45-46(44-48)51-47(49)42-40-38-36-34-32-30-28-26-24-22-20-18-16-14-12-10-8-6-4-2/h17,19,46,48H,3-16,18,20-45H2,1-2H3/b19-17-. The molecule has 4 nitrogen and oxygen atoms in total. The monoisotopic (exact) mass is 721 g/mol. The molecule has 0 aliphatic heterocycles. The van der Waals surface area contributed by atoms with Crippen molar-refractivity contribution in [2.24, 2.45) is 0 Å². The zero-order valence-electron chi connectivity index (χ0n) is 34.9. The van der Waals surface area contributed by atoms with Crippen LogP contribution in [0.1, 0.15) is 258 Å². The summed E-state index contributed by atoms with van der Waals surface area (Å²) in [6, 6.07) is 0. The molecular weight excluding hydrogens is 629 g/mol. The van der Waals surface area contributed by atoms with E-state index in [0.29, 0.717) is 19.6 Å². The molecule has 1 N–H and O–H groups in total. The lowest BCUT2D eigenvalue weighted by Crippen LogP contribution is -2.27. The third kappa shape index (κ3) is 43.4. The normalized spacial score (nSPS) is 12.3. The van der Waals surface area contributed by atoms with Gasteiger partial charge in [0.05, 0.1) is 13.2 Å². The fraction of sp³-hybridized carbons (Fsp3) is 0.936. The Morgan fingerprint density at radius 2 is 0.765 bits per heavy atom. The van der Waals surface area contributed by atoms with Gasteiger partial charge in [-0.05, 0) is 38.5 Å². The second-order valence-electron chi connectivity index (χ2n) is 15.8. The molecule has 0 radical (unpaired) electrons. The first-order valence-corrected chi connectivity index (χ1v) is 23.3. The number of carbonyl (C=O) groups excluding carboxylic acids is 1. The van der Waals surface area contributed by atoms with E-state index >= 15 is 0 Å². The molecule has 304 valence electrons. The molecule has 0 heterocycles. The Morgan fingerprint density at radius 1 is 0.451 bits per heavy atom. The predicted molar refractivity (Wildman–Crippen MR) is 224 cm³/mol. The fourth-order valence-electron chi connectivity index (χ4n) is 7.09. The molecular formula is C47H92O4. The molecule has 1 atom stereocenters. The summed E-state index contributed by atoms with van der Waals surface area (Å²) in [5.74, 6) is -0.194. The van der Waals surface area contributed by atoms with Crippen molar-refractivity contribution in [3.63, 3.8) is 0 Å². The van der Waals surface area contributed by atoms with Gasteiger partial charge >= 0.3 is 5.97 Å². The molecule has 1 unspecified atom stereocenters. The Hall–Kier alpha value is -0.870. The second-order valence-corrected chi connectivity index (χ2v) is 15.8. The third-order valence-electron chi connectivity index (χ3n) is 10.6. The first kappa shape index (κ1) is 50.1. The number of aliphatic hydroxyl groups is 1. The van der Waals surface area contributed by atoms with Gasteiger partial charge in [0.15, 0.2) is 0 Å². The van der Waals surface area contributed by atoms with Crippen LogP contribution in [0, 0.1) is 0 Å². The zero-order chi connectivity index (χ0) is 37.0. The third-order valence-corrected chi connectivity index (χ3v) is 10.6. The largest absolute Gasteiger partial charge is 0.457 e. The number of esters is 1. The number of allylic oxidation sites excluding steroid dienone is 2. The molecule has 0 fully saturated rings. The molecule has 0 spiro atoms. The van der Waals surface area contributed by atoms with E-state index in [0.717, 1.165) is 19.3 Å². The van der Waals surface area contributed by atoms with Gasteiger partial charge in [0, 0.05) is 13.0 Å². The van der Waals surface area contributed by atoms with Crippen molar-refractivity contribution < 1.29 is 19.4 Å². The van der Waals surface area contributed by atoms with Crippen molar-refractivity contribution in [2.45, 2.75) is 264 Å². The van der Waals surface area contributed by atoms with Crippen molar-refractivity contribution in [1.82, 2.24) is 0 Å². The first-order chi connectivity index (χ1) is 25.2. The van der Waals surface area contributed by atoms with Crippen LogP contribution in [0.3, 0.4) is 0 Å². The molecule has 0 aromatic rings. The van der Waals surface area contributed by atoms with E-state index in [2.05, 4.69) is 26.0 Å². The Balaban J connectivity index is 3.36. The molecule has 0 aromatic heterocycles. The molecule has 4 heteroatoms. The maximum Gasteiger partial charge on any atom is 0.306 e. The Labute approximate surface area is 320 Å². The van der Waals surface area contributed by atoms with E-state index < -0.39 is 6.10 Å². The highest BCUT2D eigenvalue weighted by molar-refractivity contribution is 5.69. The summed E-state index contributed by atoms with van der Waals surface area (Å²) in [7, 11) is 0. The molecule has 0 amide bonds. The lowest BCUT2D eigenvalue weighted by atomic mass is 10.0. The van der Waals surface area contributed by atoms with Gasteiger partial charge in [0.25, 0.3) is 0 Å². The Morgan fingerprint density at radius 3 is 1.12 bits per heavy atom. The quantitative estimate of drug-likeness (QED) is 0.0387. The first-order valence-electron chi connectivity index (χ1n) is 23.3. The number of hydrogen-bond acceptors (Lipinski definition) is 4. The van der Waals surface area contributed by atoms with Crippen LogP contribution in [0.2, 0.25) is 0 Å². The van der Waals surface area contributed by atoms with Crippen LogP contribution in [0.15, 0.2) is 12.2 Å². The highest BCUT2D eigenvalue weighted by Gasteiger charge is 2.13. The van der Waals surface area contributed by atoms with Gasteiger partial charge in [-0.2, -0.15) is 0 Å². The number of carbonyl (C=O) groups is 1. The average molecular weight is 721 g/mol. The summed E-state index contributed by atoms with van der Waals surface area (Å²) < 4.78 is 11.2. The van der Waals surface area contributed by atoms with E-state index in [4.69, 9.17) is 9.47 Å². The van der Waals surface area contributed by atoms with Gasteiger partial charge in [0.2, 0.25) is 0 Å². The Bertz CT molecular complexity index is 677. The number of aliphatic hydroxyl groups excluding tert-OH is 1. The van der Waals surface area contributed by atoms with Crippen LogP contribution in [0.5, 0.6) is 0 Å². The predicted octanol–water partition coefficient (Wildman–Crippen LogP) is 15.3. The molecule has 0 aliphatic carbocycles. The summed E-state index contributed by atoms with van der Waals surface area (Å²) >= 11 is 0. The SMILES string of the molecule is CCCCCCCC/C=C\CCCCCCCCCCCCOCC(CO)OC(=O)CCCCCCCCCCCCCCCCCCCCC. The van der Waals surface area contributed by atoms with Gasteiger partial charge in [-0.25, -0.2) is 0 Å². The van der Waals surface area contributed by atoms with Gasteiger partial charge in [-0.1, -0.05) is 225 Å². The Kier molecular flexibility index (Phi) is 44.5. The fourth-order valence-corrected chi connectivity index (χ4v) is 7.09. The van der Waals surface area contributed by atoms with Gasteiger partial charge in [0.1, 0.15) is 6.10 Å². The summed E-state index contributed by atoms with van der Waals surface area (Å²) in [5, 5.41) is 9.62. The minimum Gasteiger partial charge on any atom is -0.457 e. The van der Waals surface area contributed by atoms with E-state index in [1.807, 2.05) is 0 Å². The van der Waals surface area contributed by atoms with Crippen LogP contribution in [0.25, 0.3) is 0 Å². The smallest absolute Gasteiger partial charge is 0.306 e. The maximum absolute atomic E-state index is 12.2. The van der Waals surface area contributed by atoms with Crippen molar-refractivity contribution in [1.29, 1.82) is 0 Å². The van der Waals surface area contributed by atoms with Gasteiger partial charge < -0.3 is 14.6 Å².